The summed E-state index contributed by atoms with van der Waals surface area (Å²) < 4.78 is 40.8. The van der Waals surface area contributed by atoms with Gasteiger partial charge in [-0.05, 0) is 36.6 Å². The predicted molar refractivity (Wildman–Crippen MR) is 97.4 cm³/mol. The standard InChI is InChI=1S/C19H14F3N5O3/c20-19(21,22)30-12-4-2-11(3-5-12)18(6-7-18)27-17(29)13-10-14(28)26-16(25-13)15-23-8-1-9-24-15/h1-5,8-10H,6-7H2,(H,27,29)(H,25,26,28). The Labute approximate surface area is 167 Å². The number of hydrogen-bond donors (Lipinski definition) is 2. The van der Waals surface area contributed by atoms with Gasteiger partial charge in [0.15, 0.2) is 11.6 Å². The topological polar surface area (TPSA) is 110 Å². The van der Waals surface area contributed by atoms with Crippen LogP contribution in [-0.2, 0) is 5.54 Å². The summed E-state index contributed by atoms with van der Waals surface area (Å²) in [5.41, 5.74) is -0.774. The number of ether oxygens (including phenoxy) is 1. The van der Waals surface area contributed by atoms with Gasteiger partial charge >= 0.3 is 6.36 Å². The van der Waals surface area contributed by atoms with Gasteiger partial charge in [0.2, 0.25) is 0 Å². The molecule has 0 radical (unpaired) electrons. The fourth-order valence-electron chi connectivity index (χ4n) is 2.97. The lowest BCUT2D eigenvalue weighted by Gasteiger charge is -2.18. The van der Waals surface area contributed by atoms with Crippen molar-refractivity contribution < 1.29 is 22.7 Å². The zero-order valence-corrected chi connectivity index (χ0v) is 15.2. The molecule has 8 nitrogen and oxygen atoms in total. The van der Waals surface area contributed by atoms with Gasteiger partial charge in [0.05, 0.1) is 5.54 Å². The molecule has 2 aromatic heterocycles. The van der Waals surface area contributed by atoms with Crippen molar-refractivity contribution in [3.63, 3.8) is 0 Å². The van der Waals surface area contributed by atoms with Gasteiger partial charge in [-0.3, -0.25) is 9.59 Å². The maximum absolute atomic E-state index is 12.7. The highest BCUT2D eigenvalue weighted by Gasteiger charge is 2.46. The van der Waals surface area contributed by atoms with Crippen LogP contribution in [0, 0.1) is 0 Å². The minimum absolute atomic E-state index is 0.0479. The number of carbonyl (C=O) groups excluding carboxylic acids is 1. The summed E-state index contributed by atoms with van der Waals surface area (Å²) in [5, 5.41) is 2.82. The minimum Gasteiger partial charge on any atom is -0.406 e. The number of amides is 1. The molecule has 3 aromatic rings. The zero-order valence-electron chi connectivity index (χ0n) is 15.2. The second-order valence-electron chi connectivity index (χ2n) is 6.66. The Kier molecular flexibility index (Phi) is 4.72. The Morgan fingerprint density at radius 1 is 1.13 bits per heavy atom. The van der Waals surface area contributed by atoms with Crippen LogP contribution in [0.3, 0.4) is 0 Å². The van der Waals surface area contributed by atoms with Gasteiger partial charge in [-0.15, -0.1) is 13.2 Å². The molecule has 2 heterocycles. The minimum atomic E-state index is -4.78. The van der Waals surface area contributed by atoms with Crippen LogP contribution in [0.4, 0.5) is 13.2 Å². The Hall–Kier alpha value is -3.76. The maximum Gasteiger partial charge on any atom is 0.573 e. The molecule has 1 saturated carbocycles. The average Bonchev–Trinajstić information content (AvgIpc) is 3.48. The highest BCUT2D eigenvalue weighted by Crippen LogP contribution is 2.46. The van der Waals surface area contributed by atoms with E-state index in [1.165, 1.54) is 36.7 Å². The Balaban J connectivity index is 1.54. The molecule has 0 bridgehead atoms. The highest BCUT2D eigenvalue weighted by atomic mass is 19.4. The monoisotopic (exact) mass is 417 g/mol. The number of aromatic amines is 1. The molecule has 30 heavy (non-hydrogen) atoms. The van der Waals surface area contributed by atoms with Gasteiger partial charge in [0.1, 0.15) is 11.4 Å². The lowest BCUT2D eigenvalue weighted by Crippen LogP contribution is -2.36. The number of hydrogen-bond acceptors (Lipinski definition) is 6. The van der Waals surface area contributed by atoms with Crippen molar-refractivity contribution in [3.05, 3.63) is 70.4 Å². The summed E-state index contributed by atoms with van der Waals surface area (Å²) in [4.78, 5) is 39.3. The van der Waals surface area contributed by atoms with Crippen LogP contribution < -0.4 is 15.6 Å². The third-order valence-electron chi connectivity index (χ3n) is 4.50. The normalized spacial score (nSPS) is 14.8. The van der Waals surface area contributed by atoms with Crippen molar-refractivity contribution in [2.75, 3.05) is 0 Å². The number of halogens is 3. The summed E-state index contributed by atoms with van der Waals surface area (Å²) in [6.07, 6.45) is -0.647. The molecule has 11 heteroatoms. The van der Waals surface area contributed by atoms with E-state index in [1.54, 1.807) is 6.07 Å². The van der Waals surface area contributed by atoms with Crippen LogP contribution in [0.1, 0.15) is 28.9 Å². The molecule has 0 spiro atoms. The Bertz CT molecular complexity index is 1130. The SMILES string of the molecule is O=C(NC1(c2ccc(OC(F)(F)F)cc2)CC1)c1cc(=O)[nH]c(-c2ncccn2)n1. The fourth-order valence-corrected chi connectivity index (χ4v) is 2.97. The van der Waals surface area contributed by atoms with Gasteiger partial charge < -0.3 is 15.0 Å². The number of rotatable bonds is 5. The van der Waals surface area contributed by atoms with E-state index in [-0.39, 0.29) is 23.1 Å². The predicted octanol–water partition coefficient (Wildman–Crippen LogP) is 2.54. The van der Waals surface area contributed by atoms with E-state index in [0.29, 0.717) is 18.4 Å². The van der Waals surface area contributed by atoms with Gasteiger partial charge in [-0.1, -0.05) is 12.1 Å². The smallest absolute Gasteiger partial charge is 0.406 e. The quantitative estimate of drug-likeness (QED) is 0.660. The first-order valence-electron chi connectivity index (χ1n) is 8.82. The molecular weight excluding hydrogens is 403 g/mol. The lowest BCUT2D eigenvalue weighted by molar-refractivity contribution is -0.274. The first-order chi connectivity index (χ1) is 14.2. The fraction of sp³-hybridized carbons (Fsp3) is 0.211. The molecule has 0 unspecified atom stereocenters. The van der Waals surface area contributed by atoms with Gasteiger partial charge in [0.25, 0.3) is 11.5 Å². The number of nitrogens with zero attached hydrogens (tertiary/aromatic N) is 3. The van der Waals surface area contributed by atoms with Crippen LogP contribution >= 0.6 is 0 Å². The second-order valence-corrected chi connectivity index (χ2v) is 6.66. The first kappa shape index (κ1) is 19.6. The van der Waals surface area contributed by atoms with Crippen LogP contribution in [0.25, 0.3) is 11.6 Å². The van der Waals surface area contributed by atoms with E-state index in [2.05, 4.69) is 30.0 Å². The van der Waals surface area contributed by atoms with Crippen LogP contribution in [0.2, 0.25) is 0 Å². The summed E-state index contributed by atoms with van der Waals surface area (Å²) >= 11 is 0. The average molecular weight is 417 g/mol. The van der Waals surface area contributed by atoms with Gasteiger partial charge in [-0.25, -0.2) is 15.0 Å². The zero-order chi connectivity index (χ0) is 21.4. The second kappa shape index (κ2) is 7.25. The highest BCUT2D eigenvalue weighted by molar-refractivity contribution is 5.93. The number of alkyl halides is 3. The van der Waals surface area contributed by atoms with E-state index in [0.717, 1.165) is 6.07 Å². The molecule has 1 aliphatic rings. The molecule has 1 aromatic carbocycles. The van der Waals surface area contributed by atoms with Gasteiger partial charge in [0, 0.05) is 18.5 Å². The van der Waals surface area contributed by atoms with Crippen molar-refractivity contribution in [2.24, 2.45) is 0 Å². The van der Waals surface area contributed by atoms with E-state index >= 15 is 0 Å². The number of aromatic nitrogens is 4. The largest absolute Gasteiger partial charge is 0.573 e. The van der Waals surface area contributed by atoms with Crippen molar-refractivity contribution >= 4 is 5.91 Å². The van der Waals surface area contributed by atoms with Crippen LogP contribution in [-0.4, -0.2) is 32.2 Å². The summed E-state index contributed by atoms with van der Waals surface area (Å²) in [7, 11) is 0. The molecule has 1 aliphatic carbocycles. The van der Waals surface area contributed by atoms with E-state index in [4.69, 9.17) is 0 Å². The molecule has 0 saturated heterocycles. The summed E-state index contributed by atoms with van der Waals surface area (Å²) in [6, 6.07) is 7.94. The van der Waals surface area contributed by atoms with Crippen molar-refractivity contribution in [1.82, 2.24) is 25.3 Å². The van der Waals surface area contributed by atoms with Crippen molar-refractivity contribution in [1.29, 1.82) is 0 Å². The van der Waals surface area contributed by atoms with E-state index in [1.807, 2.05) is 0 Å². The molecular formula is C19H14F3N5O3. The molecule has 4 rings (SSSR count). The van der Waals surface area contributed by atoms with Crippen LogP contribution in [0.5, 0.6) is 5.75 Å². The van der Waals surface area contributed by atoms with E-state index < -0.39 is 23.4 Å². The third kappa shape index (κ3) is 4.29. The third-order valence-corrected chi connectivity index (χ3v) is 4.50. The molecule has 0 atom stereocenters. The molecule has 1 fully saturated rings. The molecule has 0 aliphatic heterocycles. The number of carbonyl (C=O) groups is 1. The maximum atomic E-state index is 12.7. The van der Waals surface area contributed by atoms with Gasteiger partial charge in [-0.2, -0.15) is 0 Å². The first-order valence-corrected chi connectivity index (χ1v) is 8.82. The molecule has 154 valence electrons. The summed E-state index contributed by atoms with van der Waals surface area (Å²) in [6.45, 7) is 0. The Morgan fingerprint density at radius 2 is 1.80 bits per heavy atom. The molecule has 1 amide bonds. The summed E-state index contributed by atoms with van der Waals surface area (Å²) in [5.74, 6) is -0.735. The number of benzene rings is 1. The lowest BCUT2D eigenvalue weighted by atomic mass is 10.0. The molecule has 2 N–H and O–H groups in total. The van der Waals surface area contributed by atoms with E-state index in [9.17, 15) is 22.8 Å². The van der Waals surface area contributed by atoms with Crippen molar-refractivity contribution in [2.45, 2.75) is 24.7 Å². The van der Waals surface area contributed by atoms with Crippen molar-refractivity contribution in [3.8, 4) is 17.4 Å². The number of nitrogens with one attached hydrogen (secondary N) is 2. The van der Waals surface area contributed by atoms with Crippen LogP contribution in [0.15, 0.2) is 53.6 Å². The number of H-pyrrole nitrogens is 1. The Morgan fingerprint density at radius 3 is 2.40 bits per heavy atom.